The lowest BCUT2D eigenvalue weighted by Gasteiger charge is -2.19. The van der Waals surface area contributed by atoms with Crippen LogP contribution in [0.1, 0.15) is 47.3 Å². The summed E-state index contributed by atoms with van der Waals surface area (Å²) in [6.45, 7) is 4.83. The molecular formula is C26H27N5O3. The molecule has 3 aromatic heterocycles. The molecule has 8 nitrogen and oxygen atoms in total. The fraction of sp³-hybridized carbons (Fsp3) is 0.308. The maximum absolute atomic E-state index is 13.4. The lowest BCUT2D eigenvalue weighted by molar-refractivity contribution is 0.0923. The van der Waals surface area contributed by atoms with Crippen LogP contribution in [0, 0.1) is 12.3 Å². The maximum atomic E-state index is 13.4. The number of benzene rings is 1. The molecule has 34 heavy (non-hydrogen) atoms. The van der Waals surface area contributed by atoms with Gasteiger partial charge in [0.15, 0.2) is 0 Å². The normalized spacial score (nSPS) is 16.7. The molecule has 2 N–H and O–H groups in total. The summed E-state index contributed by atoms with van der Waals surface area (Å²) in [5, 5.41) is 12.2. The minimum Gasteiger partial charge on any atom is -0.376 e. The second kappa shape index (κ2) is 8.87. The highest BCUT2D eigenvalue weighted by Crippen LogP contribution is 2.18. The van der Waals surface area contributed by atoms with E-state index >= 15 is 0 Å². The van der Waals surface area contributed by atoms with E-state index in [0.29, 0.717) is 29.8 Å². The molecule has 1 aliphatic heterocycles. The molecule has 0 unspecified atom stereocenters. The van der Waals surface area contributed by atoms with Crippen LogP contribution in [0.15, 0.2) is 59.5 Å². The van der Waals surface area contributed by atoms with E-state index in [1.165, 1.54) is 10.5 Å². The molecule has 174 valence electrons. The Balaban J connectivity index is 1.66. The van der Waals surface area contributed by atoms with Crippen LogP contribution >= 0.6 is 0 Å². The van der Waals surface area contributed by atoms with Crippen molar-refractivity contribution < 1.29 is 9.53 Å². The fourth-order valence-electron chi connectivity index (χ4n) is 4.49. The topological polar surface area (TPSA) is 101 Å². The van der Waals surface area contributed by atoms with Crippen LogP contribution in [0.5, 0.6) is 0 Å². The zero-order valence-corrected chi connectivity index (χ0v) is 19.2. The van der Waals surface area contributed by atoms with Crippen molar-refractivity contribution in [2.24, 2.45) is 0 Å². The number of ether oxygens (including phenoxy) is 1. The van der Waals surface area contributed by atoms with Gasteiger partial charge in [0.25, 0.3) is 11.5 Å². The summed E-state index contributed by atoms with van der Waals surface area (Å²) in [7, 11) is 0. The van der Waals surface area contributed by atoms with Gasteiger partial charge in [-0.2, -0.15) is 0 Å². The molecule has 0 aliphatic carbocycles. The largest absolute Gasteiger partial charge is 0.376 e. The van der Waals surface area contributed by atoms with E-state index in [1.807, 2.05) is 50.2 Å². The Bertz CT molecular complexity index is 1500. The highest BCUT2D eigenvalue weighted by atomic mass is 16.5. The summed E-state index contributed by atoms with van der Waals surface area (Å²) in [4.78, 5) is 31.5. The number of hydrogen-bond donors (Lipinski definition) is 2. The fourth-order valence-corrected chi connectivity index (χ4v) is 4.49. The highest BCUT2D eigenvalue weighted by molar-refractivity contribution is 5.97. The quantitative estimate of drug-likeness (QED) is 0.450. The Morgan fingerprint density at radius 1 is 1.26 bits per heavy atom. The monoisotopic (exact) mass is 457 g/mol. The van der Waals surface area contributed by atoms with Crippen LogP contribution in [0.3, 0.4) is 0 Å². The average Bonchev–Trinajstić information content (AvgIpc) is 3.35. The number of nitrogens with zero attached hydrogens (tertiary/aromatic N) is 3. The van der Waals surface area contributed by atoms with Crippen LogP contribution in [-0.2, 0) is 11.3 Å². The second-order valence-electron chi connectivity index (χ2n) is 8.85. The van der Waals surface area contributed by atoms with Gasteiger partial charge >= 0.3 is 0 Å². The first kappa shape index (κ1) is 22.0. The Hall–Kier alpha value is -3.78. The van der Waals surface area contributed by atoms with E-state index in [9.17, 15) is 9.59 Å². The molecule has 8 heteroatoms. The van der Waals surface area contributed by atoms with Crippen molar-refractivity contribution in [2.75, 3.05) is 6.61 Å². The third kappa shape index (κ3) is 4.01. The van der Waals surface area contributed by atoms with Gasteiger partial charge in [-0.25, -0.2) is 4.98 Å². The first-order valence-electron chi connectivity index (χ1n) is 11.5. The summed E-state index contributed by atoms with van der Waals surface area (Å²) < 4.78 is 8.94. The highest BCUT2D eigenvalue weighted by Gasteiger charge is 2.23. The second-order valence-corrected chi connectivity index (χ2v) is 8.85. The zero-order chi connectivity index (χ0) is 23.8. The van der Waals surface area contributed by atoms with Gasteiger partial charge < -0.3 is 14.6 Å². The van der Waals surface area contributed by atoms with Crippen LogP contribution < -0.4 is 16.4 Å². The summed E-state index contributed by atoms with van der Waals surface area (Å²) >= 11 is 0. The zero-order valence-electron chi connectivity index (χ0n) is 19.2. The number of fused-ring (bicyclic) bond motifs is 2. The molecule has 1 aliphatic rings. The number of pyridine rings is 2. The molecule has 1 fully saturated rings. The van der Waals surface area contributed by atoms with Gasteiger partial charge in [-0.3, -0.25) is 19.4 Å². The molecule has 4 heterocycles. The van der Waals surface area contributed by atoms with Gasteiger partial charge in [-0.05, 0) is 49.9 Å². The van der Waals surface area contributed by atoms with E-state index < -0.39 is 5.91 Å². The minimum atomic E-state index is -0.405. The van der Waals surface area contributed by atoms with Crippen molar-refractivity contribution >= 4 is 22.6 Å². The van der Waals surface area contributed by atoms with Gasteiger partial charge in [0.2, 0.25) is 0 Å². The molecule has 1 saturated heterocycles. The third-order valence-corrected chi connectivity index (χ3v) is 6.36. The van der Waals surface area contributed by atoms with E-state index in [2.05, 4.69) is 5.32 Å². The Morgan fingerprint density at radius 2 is 2.06 bits per heavy atom. The van der Waals surface area contributed by atoms with Crippen molar-refractivity contribution in [3.8, 4) is 0 Å². The first-order chi connectivity index (χ1) is 16.4. The van der Waals surface area contributed by atoms with Crippen LogP contribution in [0.2, 0.25) is 0 Å². The first-order valence-corrected chi connectivity index (χ1v) is 11.5. The molecule has 1 aromatic carbocycles. The number of aromatic nitrogens is 3. The predicted octanol–water partition coefficient (Wildman–Crippen LogP) is 3.11. The molecule has 0 radical (unpaired) electrons. The maximum Gasteiger partial charge on any atom is 0.267 e. The van der Waals surface area contributed by atoms with Crippen molar-refractivity contribution in [1.82, 2.24) is 19.3 Å². The Kier molecular flexibility index (Phi) is 5.75. The number of aryl methyl sites for hydroxylation is 1. The lowest BCUT2D eigenvalue weighted by atomic mass is 10.1. The van der Waals surface area contributed by atoms with E-state index in [1.54, 1.807) is 16.8 Å². The molecule has 0 bridgehead atoms. The van der Waals surface area contributed by atoms with Crippen LogP contribution in [0.25, 0.3) is 16.7 Å². The lowest BCUT2D eigenvalue weighted by Crippen LogP contribution is -2.37. The van der Waals surface area contributed by atoms with Gasteiger partial charge in [-0.15, -0.1) is 0 Å². The van der Waals surface area contributed by atoms with Gasteiger partial charge in [0.1, 0.15) is 16.8 Å². The molecule has 5 rings (SSSR count). The Labute approximate surface area is 196 Å². The molecule has 0 spiro atoms. The third-order valence-electron chi connectivity index (χ3n) is 6.36. The SMILES string of the molecule is Cc1ccc2nc3c(cc(C(=O)N[C@H](C)c4ccccc4)c(=N)n3C[C@@H]3CCCO3)c(=O)n2c1. The van der Waals surface area contributed by atoms with Crippen LogP contribution in [0.4, 0.5) is 0 Å². The molecule has 2 atom stereocenters. The number of carbonyl (C=O) groups is 1. The standard InChI is InChI=1S/C26H27N5O3/c1-16-10-11-22-29-24-21(26(33)30(22)14-16)13-20(23(27)31(24)15-19-9-6-12-34-19)25(32)28-17(2)18-7-4-3-5-8-18/h3-5,7-8,10-11,13-14,17,19,27H,6,9,12,15H2,1-2H3,(H,28,32)/t17-,19+/m1/s1. The minimum absolute atomic E-state index is 0.0177. The summed E-state index contributed by atoms with van der Waals surface area (Å²) in [5.41, 5.74) is 2.66. The molecular weight excluding hydrogens is 430 g/mol. The van der Waals surface area contributed by atoms with E-state index in [0.717, 1.165) is 24.0 Å². The van der Waals surface area contributed by atoms with Gasteiger partial charge in [0.05, 0.1) is 29.6 Å². The number of rotatable bonds is 5. The van der Waals surface area contributed by atoms with E-state index in [4.69, 9.17) is 15.1 Å². The van der Waals surface area contributed by atoms with Crippen molar-refractivity contribution in [1.29, 1.82) is 5.41 Å². The number of carbonyl (C=O) groups excluding carboxylic acids is 1. The average molecular weight is 458 g/mol. The number of nitrogens with one attached hydrogen (secondary N) is 2. The number of hydrogen-bond acceptors (Lipinski definition) is 5. The molecule has 4 aromatic rings. The Morgan fingerprint density at radius 3 is 2.79 bits per heavy atom. The van der Waals surface area contributed by atoms with Gasteiger partial charge in [-0.1, -0.05) is 36.4 Å². The smallest absolute Gasteiger partial charge is 0.267 e. The predicted molar refractivity (Wildman–Crippen MR) is 129 cm³/mol. The molecule has 0 saturated carbocycles. The summed E-state index contributed by atoms with van der Waals surface area (Å²) in [6.07, 6.45) is 3.46. The van der Waals surface area contributed by atoms with Crippen molar-refractivity contribution in [2.45, 2.75) is 45.4 Å². The van der Waals surface area contributed by atoms with E-state index in [-0.39, 0.29) is 28.8 Å². The van der Waals surface area contributed by atoms with Gasteiger partial charge in [0, 0.05) is 12.8 Å². The number of amides is 1. The van der Waals surface area contributed by atoms with Crippen molar-refractivity contribution in [3.63, 3.8) is 0 Å². The van der Waals surface area contributed by atoms with Crippen LogP contribution in [-0.4, -0.2) is 32.6 Å². The van der Waals surface area contributed by atoms with Crippen molar-refractivity contribution in [3.05, 3.63) is 87.3 Å². The molecule has 1 amide bonds. The summed E-state index contributed by atoms with van der Waals surface area (Å²) in [6, 6.07) is 14.6. The summed E-state index contributed by atoms with van der Waals surface area (Å²) in [5.74, 6) is -0.405.